The van der Waals surface area contributed by atoms with E-state index in [4.69, 9.17) is 5.11 Å². The Hall–Kier alpha value is -0.530. The molecule has 0 saturated carbocycles. The smallest absolute Gasteiger partial charge is 0.306 e. The first kappa shape index (κ1) is 9.47. The van der Waals surface area contributed by atoms with Gasteiger partial charge >= 0.3 is 5.97 Å². The van der Waals surface area contributed by atoms with Crippen molar-refractivity contribution in [1.82, 2.24) is 0 Å². The van der Waals surface area contributed by atoms with Crippen molar-refractivity contribution in [3.05, 3.63) is 0 Å². The first-order chi connectivity index (χ1) is 4.63. The van der Waals surface area contributed by atoms with Crippen LogP contribution in [0.3, 0.4) is 0 Å². The minimum atomic E-state index is -0.656. The zero-order valence-electron chi connectivity index (χ0n) is 6.92. The van der Waals surface area contributed by atoms with Crippen LogP contribution in [0.25, 0.3) is 0 Å². The average Bonchev–Trinajstić information content (AvgIpc) is 1.88. The molecule has 2 atom stereocenters. The van der Waals surface area contributed by atoms with Gasteiger partial charge in [0.15, 0.2) is 0 Å². The lowest BCUT2D eigenvalue weighted by molar-refractivity contribution is -0.143. The second-order valence-corrected chi connectivity index (χ2v) is 2.74. The monoisotopic (exact) mass is 144 g/mol. The summed E-state index contributed by atoms with van der Waals surface area (Å²) in [6.45, 7) is 5.93. The van der Waals surface area contributed by atoms with E-state index in [0.29, 0.717) is 5.92 Å². The molecule has 0 heterocycles. The summed E-state index contributed by atoms with van der Waals surface area (Å²) >= 11 is 0. The molecule has 2 nitrogen and oxygen atoms in total. The number of carboxylic acids is 1. The molecule has 0 aromatic carbocycles. The summed E-state index contributed by atoms with van der Waals surface area (Å²) in [5.41, 5.74) is 0. The van der Waals surface area contributed by atoms with Crippen LogP contribution in [0.5, 0.6) is 0 Å². The predicted molar refractivity (Wildman–Crippen MR) is 40.9 cm³/mol. The summed E-state index contributed by atoms with van der Waals surface area (Å²) in [6.07, 6.45) is 1.69. The van der Waals surface area contributed by atoms with E-state index in [-0.39, 0.29) is 5.92 Å². The van der Waals surface area contributed by atoms with Crippen LogP contribution < -0.4 is 0 Å². The molecule has 10 heavy (non-hydrogen) atoms. The highest BCUT2D eigenvalue weighted by molar-refractivity contribution is 5.70. The maximum atomic E-state index is 10.5. The van der Waals surface area contributed by atoms with Crippen molar-refractivity contribution < 1.29 is 9.90 Å². The fourth-order valence-electron chi connectivity index (χ4n) is 1.10. The van der Waals surface area contributed by atoms with E-state index < -0.39 is 5.97 Å². The summed E-state index contributed by atoms with van der Waals surface area (Å²) in [7, 11) is 0. The fraction of sp³-hybridized carbons (Fsp3) is 0.875. The molecule has 0 aliphatic rings. The van der Waals surface area contributed by atoms with Crippen LogP contribution in [0.4, 0.5) is 0 Å². The van der Waals surface area contributed by atoms with Gasteiger partial charge in [0.1, 0.15) is 0 Å². The lowest BCUT2D eigenvalue weighted by Crippen LogP contribution is -2.19. The highest BCUT2D eigenvalue weighted by Gasteiger charge is 2.20. The van der Waals surface area contributed by atoms with Crippen molar-refractivity contribution in [3.63, 3.8) is 0 Å². The Morgan fingerprint density at radius 2 is 1.90 bits per heavy atom. The largest absolute Gasteiger partial charge is 0.481 e. The molecule has 1 unspecified atom stereocenters. The molecule has 60 valence electrons. The number of rotatable bonds is 4. The number of hydrogen-bond donors (Lipinski definition) is 1. The molecule has 0 fully saturated rings. The van der Waals surface area contributed by atoms with Crippen molar-refractivity contribution in [2.75, 3.05) is 0 Å². The van der Waals surface area contributed by atoms with Crippen LogP contribution in [-0.4, -0.2) is 11.1 Å². The Balaban J connectivity index is 3.92. The Bertz CT molecular complexity index is 110. The van der Waals surface area contributed by atoms with Gasteiger partial charge in [0.2, 0.25) is 0 Å². The summed E-state index contributed by atoms with van der Waals surface area (Å²) in [4.78, 5) is 10.5. The zero-order valence-corrected chi connectivity index (χ0v) is 6.92. The van der Waals surface area contributed by atoms with Crippen molar-refractivity contribution >= 4 is 5.97 Å². The molecule has 0 bridgehead atoms. The number of hydrogen-bond acceptors (Lipinski definition) is 1. The van der Waals surface area contributed by atoms with Gasteiger partial charge in [-0.2, -0.15) is 0 Å². The Morgan fingerprint density at radius 1 is 1.40 bits per heavy atom. The first-order valence-electron chi connectivity index (χ1n) is 3.86. The Kier molecular flexibility index (Phi) is 4.08. The minimum Gasteiger partial charge on any atom is -0.481 e. The number of aliphatic carboxylic acids is 1. The second kappa shape index (κ2) is 4.31. The van der Waals surface area contributed by atoms with Gasteiger partial charge in [0.25, 0.3) is 0 Å². The molecule has 1 N–H and O–H groups in total. The zero-order chi connectivity index (χ0) is 8.15. The molecule has 0 radical (unpaired) electrons. The van der Waals surface area contributed by atoms with Gasteiger partial charge in [-0.05, 0) is 12.3 Å². The minimum absolute atomic E-state index is 0.148. The molecule has 0 amide bonds. The first-order valence-corrected chi connectivity index (χ1v) is 3.86. The lowest BCUT2D eigenvalue weighted by Gasteiger charge is -2.15. The fourth-order valence-corrected chi connectivity index (χ4v) is 1.10. The van der Waals surface area contributed by atoms with E-state index in [1.54, 1.807) is 0 Å². The molecule has 0 aliphatic heterocycles. The van der Waals surface area contributed by atoms with E-state index in [9.17, 15) is 4.79 Å². The van der Waals surface area contributed by atoms with Gasteiger partial charge in [-0.25, -0.2) is 0 Å². The van der Waals surface area contributed by atoms with Crippen molar-refractivity contribution in [2.24, 2.45) is 11.8 Å². The van der Waals surface area contributed by atoms with E-state index >= 15 is 0 Å². The topological polar surface area (TPSA) is 37.3 Å². The Morgan fingerprint density at radius 3 is 2.00 bits per heavy atom. The van der Waals surface area contributed by atoms with Crippen molar-refractivity contribution in [1.29, 1.82) is 0 Å². The molecule has 0 aromatic heterocycles. The van der Waals surface area contributed by atoms with Crippen LogP contribution in [0.1, 0.15) is 33.6 Å². The third-order valence-electron chi connectivity index (χ3n) is 2.09. The second-order valence-electron chi connectivity index (χ2n) is 2.74. The van der Waals surface area contributed by atoms with Crippen LogP contribution in [0.15, 0.2) is 0 Å². The standard InChI is InChI=1S/C8H16O2/c1-4-6(3)7(5-2)8(9)10/h6-7H,4-5H2,1-3H3,(H,9,10)/t6-,7?/m0/s1. The third-order valence-corrected chi connectivity index (χ3v) is 2.09. The number of carboxylic acid groups (broad SMARTS) is 1. The van der Waals surface area contributed by atoms with Gasteiger partial charge in [-0.1, -0.05) is 27.2 Å². The SMILES string of the molecule is CCC(C(=O)O)[C@@H](C)CC. The van der Waals surface area contributed by atoms with Gasteiger partial charge < -0.3 is 5.11 Å². The van der Waals surface area contributed by atoms with Gasteiger partial charge in [-0.3, -0.25) is 4.79 Å². The van der Waals surface area contributed by atoms with Crippen LogP contribution in [0, 0.1) is 11.8 Å². The molecule has 0 spiro atoms. The summed E-state index contributed by atoms with van der Waals surface area (Å²) in [5.74, 6) is -0.496. The average molecular weight is 144 g/mol. The van der Waals surface area contributed by atoms with E-state index in [2.05, 4.69) is 0 Å². The predicted octanol–water partition coefficient (Wildman–Crippen LogP) is 2.14. The maximum absolute atomic E-state index is 10.5. The molecule has 2 heteroatoms. The Labute approximate surface area is 62.2 Å². The van der Waals surface area contributed by atoms with E-state index in [0.717, 1.165) is 12.8 Å². The number of carbonyl (C=O) groups is 1. The molecule has 0 rings (SSSR count). The van der Waals surface area contributed by atoms with Crippen LogP contribution in [0.2, 0.25) is 0 Å². The molecule has 0 saturated heterocycles. The molecular weight excluding hydrogens is 128 g/mol. The van der Waals surface area contributed by atoms with Crippen LogP contribution in [-0.2, 0) is 4.79 Å². The highest BCUT2D eigenvalue weighted by Crippen LogP contribution is 2.18. The normalized spacial score (nSPS) is 16.3. The molecular formula is C8H16O2. The quantitative estimate of drug-likeness (QED) is 0.656. The van der Waals surface area contributed by atoms with Crippen LogP contribution >= 0.6 is 0 Å². The van der Waals surface area contributed by atoms with Crippen molar-refractivity contribution in [2.45, 2.75) is 33.6 Å². The van der Waals surface area contributed by atoms with Gasteiger partial charge in [0, 0.05) is 0 Å². The van der Waals surface area contributed by atoms with Crippen molar-refractivity contribution in [3.8, 4) is 0 Å². The summed E-state index contributed by atoms with van der Waals surface area (Å²) < 4.78 is 0. The third kappa shape index (κ3) is 2.38. The summed E-state index contributed by atoms with van der Waals surface area (Å²) in [5, 5.41) is 8.67. The van der Waals surface area contributed by atoms with Gasteiger partial charge in [-0.15, -0.1) is 0 Å². The van der Waals surface area contributed by atoms with Gasteiger partial charge in [0.05, 0.1) is 5.92 Å². The lowest BCUT2D eigenvalue weighted by atomic mass is 9.90. The maximum Gasteiger partial charge on any atom is 0.306 e. The van der Waals surface area contributed by atoms with E-state index in [1.165, 1.54) is 0 Å². The molecule has 0 aromatic rings. The highest BCUT2D eigenvalue weighted by atomic mass is 16.4. The summed E-state index contributed by atoms with van der Waals surface area (Å²) in [6, 6.07) is 0. The molecule has 0 aliphatic carbocycles. The van der Waals surface area contributed by atoms with E-state index in [1.807, 2.05) is 20.8 Å².